The summed E-state index contributed by atoms with van der Waals surface area (Å²) in [6, 6.07) is 19.3. The Morgan fingerprint density at radius 2 is 1.77 bits per heavy atom. The number of nitrogens with zero attached hydrogens (tertiary/aromatic N) is 6. The quantitative estimate of drug-likeness (QED) is 0.282. The molecule has 3 N–H and O–H groups in total. The molecule has 5 aromatic rings. The van der Waals surface area contributed by atoms with Gasteiger partial charge in [0.2, 0.25) is 5.82 Å². The number of H-pyrrole nitrogens is 1. The van der Waals surface area contributed by atoms with Crippen molar-refractivity contribution in [3.8, 4) is 22.5 Å². The van der Waals surface area contributed by atoms with Crippen LogP contribution in [-0.4, -0.2) is 54.1 Å². The van der Waals surface area contributed by atoms with Crippen molar-refractivity contribution in [2.24, 2.45) is 0 Å². The maximum Gasteiger partial charge on any atom is 0.263 e. The topological polar surface area (TPSA) is 136 Å². The van der Waals surface area contributed by atoms with Crippen LogP contribution >= 0.6 is 0 Å². The molecule has 0 aliphatic heterocycles. The van der Waals surface area contributed by atoms with Crippen LogP contribution in [0.3, 0.4) is 0 Å². The number of carbonyl (C=O) groups is 1. The number of benzene rings is 3. The SMILES string of the molecule is CCCc1nc2ccc(C(=O)N(C)C(C)C)c(N)c2c(=O)n1Cc1ccc(-c2ccccc2-c2nn[nH]n2)cc1. The van der Waals surface area contributed by atoms with Crippen LogP contribution in [0.2, 0.25) is 0 Å². The second kappa shape index (κ2) is 11.1. The Labute approximate surface area is 231 Å². The van der Waals surface area contributed by atoms with Crippen LogP contribution < -0.4 is 11.3 Å². The van der Waals surface area contributed by atoms with Gasteiger partial charge in [0, 0.05) is 25.1 Å². The van der Waals surface area contributed by atoms with Gasteiger partial charge in [-0.25, -0.2) is 4.98 Å². The highest BCUT2D eigenvalue weighted by Gasteiger charge is 2.22. The van der Waals surface area contributed by atoms with E-state index in [0.29, 0.717) is 35.7 Å². The van der Waals surface area contributed by atoms with E-state index in [0.717, 1.165) is 28.7 Å². The lowest BCUT2D eigenvalue weighted by atomic mass is 9.98. The van der Waals surface area contributed by atoms with E-state index in [4.69, 9.17) is 10.7 Å². The fourth-order valence-electron chi connectivity index (χ4n) is 4.74. The van der Waals surface area contributed by atoms with Crippen LogP contribution in [0.25, 0.3) is 33.4 Å². The number of aromatic nitrogens is 6. The van der Waals surface area contributed by atoms with Crippen LogP contribution in [-0.2, 0) is 13.0 Å². The summed E-state index contributed by atoms with van der Waals surface area (Å²) in [5.74, 6) is 0.978. The average molecular weight is 537 g/mol. The number of fused-ring (bicyclic) bond motifs is 1. The third-order valence-corrected chi connectivity index (χ3v) is 7.16. The lowest BCUT2D eigenvalue weighted by Gasteiger charge is -2.22. The minimum Gasteiger partial charge on any atom is -0.397 e. The van der Waals surface area contributed by atoms with Gasteiger partial charge in [0.25, 0.3) is 11.5 Å². The lowest BCUT2D eigenvalue weighted by Crippen LogP contribution is -2.34. The van der Waals surface area contributed by atoms with Gasteiger partial charge in [0.15, 0.2) is 0 Å². The van der Waals surface area contributed by atoms with Crippen molar-refractivity contribution in [2.45, 2.75) is 46.2 Å². The maximum absolute atomic E-state index is 13.9. The zero-order valence-electron chi connectivity index (χ0n) is 23.0. The molecule has 3 aromatic carbocycles. The zero-order valence-corrected chi connectivity index (χ0v) is 23.0. The minimum atomic E-state index is -0.251. The first-order valence-electron chi connectivity index (χ1n) is 13.3. The van der Waals surface area contributed by atoms with E-state index in [1.807, 2.05) is 62.4 Å². The number of hydrogen-bond donors (Lipinski definition) is 2. The highest BCUT2D eigenvalue weighted by molar-refractivity contribution is 6.06. The van der Waals surface area contributed by atoms with Gasteiger partial charge in [-0.2, -0.15) is 5.21 Å². The molecule has 5 rings (SSSR count). The van der Waals surface area contributed by atoms with Crippen molar-refractivity contribution in [1.29, 1.82) is 0 Å². The van der Waals surface area contributed by atoms with Crippen molar-refractivity contribution in [1.82, 2.24) is 35.1 Å². The highest BCUT2D eigenvalue weighted by Crippen LogP contribution is 2.30. The van der Waals surface area contributed by atoms with E-state index >= 15 is 0 Å². The number of anilines is 1. The van der Waals surface area contributed by atoms with Gasteiger partial charge in [-0.3, -0.25) is 14.2 Å². The van der Waals surface area contributed by atoms with Gasteiger partial charge >= 0.3 is 0 Å². The zero-order chi connectivity index (χ0) is 28.4. The number of nitrogen functional groups attached to an aromatic ring is 1. The van der Waals surface area contributed by atoms with E-state index < -0.39 is 0 Å². The third-order valence-electron chi connectivity index (χ3n) is 7.16. The lowest BCUT2D eigenvalue weighted by molar-refractivity contribution is 0.0756. The molecule has 0 fully saturated rings. The molecule has 0 aliphatic carbocycles. The largest absolute Gasteiger partial charge is 0.397 e. The number of hydrogen-bond acceptors (Lipinski definition) is 7. The molecule has 2 heterocycles. The summed E-state index contributed by atoms with van der Waals surface area (Å²) in [7, 11) is 1.72. The first-order valence-corrected chi connectivity index (χ1v) is 13.3. The Morgan fingerprint density at radius 3 is 2.42 bits per heavy atom. The van der Waals surface area contributed by atoms with E-state index in [1.165, 1.54) is 0 Å². The second-order valence-corrected chi connectivity index (χ2v) is 10.1. The number of aryl methyl sites for hydroxylation is 1. The molecule has 10 heteroatoms. The molecule has 2 aromatic heterocycles. The Kier molecular flexibility index (Phi) is 7.41. The van der Waals surface area contributed by atoms with Crippen molar-refractivity contribution < 1.29 is 4.79 Å². The third kappa shape index (κ3) is 4.95. The van der Waals surface area contributed by atoms with E-state index in [1.54, 1.807) is 28.6 Å². The second-order valence-electron chi connectivity index (χ2n) is 10.1. The predicted molar refractivity (Wildman–Crippen MR) is 156 cm³/mol. The molecule has 0 radical (unpaired) electrons. The molecule has 204 valence electrons. The molecule has 0 atom stereocenters. The Morgan fingerprint density at radius 1 is 1.05 bits per heavy atom. The molecule has 0 saturated carbocycles. The standard InChI is InChI=1S/C30H32N8O2/c1-5-8-25-32-24-16-15-23(29(39)37(4)18(2)3)27(31)26(24)30(40)38(25)17-19-11-13-20(14-12-19)21-9-6-7-10-22(21)28-33-35-36-34-28/h6-7,9-16,18H,5,8,17,31H2,1-4H3,(H,33,34,35,36). The highest BCUT2D eigenvalue weighted by atomic mass is 16.2. The number of tetrazole rings is 1. The van der Waals surface area contributed by atoms with Gasteiger partial charge in [-0.15, -0.1) is 10.2 Å². The fraction of sp³-hybridized carbons (Fsp3) is 0.267. The van der Waals surface area contributed by atoms with Crippen molar-refractivity contribution in [2.75, 3.05) is 12.8 Å². The van der Waals surface area contributed by atoms with Crippen LogP contribution in [0.4, 0.5) is 5.69 Å². The normalized spacial score (nSPS) is 11.3. The number of amides is 1. The first-order chi connectivity index (χ1) is 19.3. The van der Waals surface area contributed by atoms with Crippen LogP contribution in [0.15, 0.2) is 65.5 Å². The molecule has 0 unspecified atom stereocenters. The van der Waals surface area contributed by atoms with Gasteiger partial charge in [-0.05, 0) is 54.3 Å². The molecule has 0 bridgehead atoms. The van der Waals surface area contributed by atoms with Crippen molar-refractivity contribution in [3.63, 3.8) is 0 Å². The molecule has 0 spiro atoms. The summed E-state index contributed by atoms with van der Waals surface area (Å²) in [6.07, 6.45) is 1.47. The van der Waals surface area contributed by atoms with Crippen LogP contribution in [0.1, 0.15) is 48.9 Å². The number of carbonyl (C=O) groups excluding carboxylic acids is 1. The monoisotopic (exact) mass is 536 g/mol. The van der Waals surface area contributed by atoms with Crippen LogP contribution in [0.5, 0.6) is 0 Å². The molecule has 40 heavy (non-hydrogen) atoms. The van der Waals surface area contributed by atoms with Crippen molar-refractivity contribution in [3.05, 3.63) is 88.0 Å². The number of rotatable bonds is 8. The number of nitrogens with one attached hydrogen (secondary N) is 1. The summed E-state index contributed by atoms with van der Waals surface area (Å²) in [5.41, 5.74) is 11.0. The summed E-state index contributed by atoms with van der Waals surface area (Å²) in [6.45, 7) is 6.23. The predicted octanol–water partition coefficient (Wildman–Crippen LogP) is 4.31. The Hall–Kier alpha value is -4.86. The molecular formula is C30H32N8O2. The summed E-state index contributed by atoms with van der Waals surface area (Å²) < 4.78 is 1.67. The van der Waals surface area contributed by atoms with E-state index in [-0.39, 0.29) is 28.6 Å². The summed E-state index contributed by atoms with van der Waals surface area (Å²) in [5, 5.41) is 14.7. The number of nitrogens with two attached hydrogens (primary N) is 1. The summed E-state index contributed by atoms with van der Waals surface area (Å²) in [4.78, 5) is 33.4. The molecule has 0 aliphatic rings. The molecule has 1 amide bonds. The van der Waals surface area contributed by atoms with Gasteiger partial charge in [-0.1, -0.05) is 55.5 Å². The first kappa shape index (κ1) is 26.7. The molecular weight excluding hydrogens is 504 g/mol. The van der Waals surface area contributed by atoms with Gasteiger partial charge < -0.3 is 10.6 Å². The van der Waals surface area contributed by atoms with Crippen molar-refractivity contribution >= 4 is 22.5 Å². The smallest absolute Gasteiger partial charge is 0.263 e. The minimum absolute atomic E-state index is 0.00791. The van der Waals surface area contributed by atoms with E-state index in [9.17, 15) is 9.59 Å². The van der Waals surface area contributed by atoms with Gasteiger partial charge in [0.1, 0.15) is 5.82 Å². The summed E-state index contributed by atoms with van der Waals surface area (Å²) >= 11 is 0. The van der Waals surface area contributed by atoms with Gasteiger partial charge in [0.05, 0.1) is 28.7 Å². The van der Waals surface area contributed by atoms with Crippen LogP contribution in [0, 0.1) is 0 Å². The molecule has 10 nitrogen and oxygen atoms in total. The average Bonchev–Trinajstić information content (AvgIpc) is 3.50. The Balaban J connectivity index is 1.54. The molecule has 0 saturated heterocycles. The van der Waals surface area contributed by atoms with E-state index in [2.05, 4.69) is 27.5 Å². The maximum atomic E-state index is 13.9. The number of aromatic amines is 1. The fourth-order valence-corrected chi connectivity index (χ4v) is 4.74. The Bertz CT molecular complexity index is 1720.